The molecule has 0 aliphatic rings. The van der Waals surface area contributed by atoms with Gasteiger partial charge in [-0.2, -0.15) is 0 Å². The number of halogens is 1. The monoisotopic (exact) mass is 365 g/mol. The number of nitrogens with one attached hydrogen (secondary N) is 1. The Morgan fingerprint density at radius 1 is 1.08 bits per heavy atom. The predicted molar refractivity (Wildman–Crippen MR) is 105 cm³/mol. The van der Waals surface area contributed by atoms with E-state index in [1.165, 1.54) is 0 Å². The molecule has 0 saturated heterocycles. The van der Waals surface area contributed by atoms with Crippen LogP contribution in [-0.4, -0.2) is 15.9 Å². The Hall–Kier alpha value is -2.72. The van der Waals surface area contributed by atoms with E-state index >= 15 is 0 Å². The second-order valence-corrected chi connectivity index (χ2v) is 6.45. The predicted octanol–water partition coefficient (Wildman–Crippen LogP) is 4.93. The summed E-state index contributed by atoms with van der Waals surface area (Å²) in [5.74, 6) is 0.414. The third-order valence-corrected chi connectivity index (χ3v) is 4.19. The first-order valence-electron chi connectivity index (χ1n) is 8.61. The van der Waals surface area contributed by atoms with Gasteiger partial charge in [-0.1, -0.05) is 67.4 Å². The summed E-state index contributed by atoms with van der Waals surface area (Å²) in [6, 6.07) is 17.2. The normalized spacial score (nSPS) is 10.5. The maximum atomic E-state index is 12.4. The summed E-state index contributed by atoms with van der Waals surface area (Å²) in [5, 5.41) is 3.55. The maximum Gasteiger partial charge on any atom is 0.229 e. The van der Waals surface area contributed by atoms with Gasteiger partial charge in [0.25, 0.3) is 0 Å². The quantitative estimate of drug-likeness (QED) is 0.673. The summed E-state index contributed by atoms with van der Waals surface area (Å²) in [6.07, 6.45) is 3.65. The number of rotatable bonds is 6. The number of anilines is 1. The molecular weight excluding hydrogens is 346 g/mol. The first-order valence-corrected chi connectivity index (χ1v) is 8.99. The fourth-order valence-electron chi connectivity index (χ4n) is 2.65. The Labute approximate surface area is 158 Å². The molecule has 132 valence electrons. The van der Waals surface area contributed by atoms with Crippen LogP contribution < -0.4 is 5.32 Å². The smallest absolute Gasteiger partial charge is 0.229 e. The average Bonchev–Trinajstić information content (AvgIpc) is 2.66. The minimum Gasteiger partial charge on any atom is -0.309 e. The van der Waals surface area contributed by atoms with E-state index in [4.69, 9.17) is 16.6 Å². The topological polar surface area (TPSA) is 54.9 Å². The van der Waals surface area contributed by atoms with E-state index in [0.717, 1.165) is 35.4 Å². The van der Waals surface area contributed by atoms with E-state index in [2.05, 4.69) is 17.2 Å². The molecule has 2 aromatic carbocycles. The first-order chi connectivity index (χ1) is 12.7. The largest absolute Gasteiger partial charge is 0.309 e. The zero-order chi connectivity index (χ0) is 18.4. The molecule has 0 spiro atoms. The molecule has 0 fully saturated rings. The number of amides is 1. The third-order valence-electron chi connectivity index (χ3n) is 3.94. The number of hydrogen-bond acceptors (Lipinski definition) is 3. The van der Waals surface area contributed by atoms with Gasteiger partial charge in [0.1, 0.15) is 0 Å². The number of benzene rings is 2. The van der Waals surface area contributed by atoms with Crippen LogP contribution in [-0.2, 0) is 17.6 Å². The molecule has 0 saturated carbocycles. The number of aryl methyl sites for hydroxylation is 1. The Kier molecular flexibility index (Phi) is 5.97. The average molecular weight is 366 g/mol. The Morgan fingerprint density at radius 3 is 2.50 bits per heavy atom. The van der Waals surface area contributed by atoms with Crippen LogP contribution >= 0.6 is 11.6 Å². The van der Waals surface area contributed by atoms with Crippen LogP contribution in [0.5, 0.6) is 0 Å². The summed E-state index contributed by atoms with van der Waals surface area (Å²) < 4.78 is 0. The van der Waals surface area contributed by atoms with E-state index in [1.807, 2.05) is 42.5 Å². The van der Waals surface area contributed by atoms with Gasteiger partial charge in [0, 0.05) is 10.6 Å². The maximum absolute atomic E-state index is 12.4. The first kappa shape index (κ1) is 18.1. The van der Waals surface area contributed by atoms with Crippen molar-refractivity contribution in [2.45, 2.75) is 26.2 Å². The van der Waals surface area contributed by atoms with Crippen molar-refractivity contribution in [2.24, 2.45) is 0 Å². The van der Waals surface area contributed by atoms with Crippen molar-refractivity contribution in [3.05, 3.63) is 77.1 Å². The van der Waals surface area contributed by atoms with Gasteiger partial charge in [-0.25, -0.2) is 9.97 Å². The zero-order valence-electron chi connectivity index (χ0n) is 14.6. The minimum absolute atomic E-state index is 0.119. The van der Waals surface area contributed by atoms with Gasteiger partial charge in [-0.3, -0.25) is 4.79 Å². The van der Waals surface area contributed by atoms with Crippen molar-refractivity contribution in [3.63, 3.8) is 0 Å². The van der Waals surface area contributed by atoms with E-state index in [1.54, 1.807) is 18.3 Å². The molecule has 26 heavy (non-hydrogen) atoms. The highest BCUT2D eigenvalue weighted by Crippen LogP contribution is 2.20. The third kappa shape index (κ3) is 4.67. The van der Waals surface area contributed by atoms with Crippen LogP contribution in [0.4, 0.5) is 5.82 Å². The van der Waals surface area contributed by atoms with Gasteiger partial charge in [0.05, 0.1) is 24.0 Å². The van der Waals surface area contributed by atoms with Gasteiger partial charge in [-0.15, -0.1) is 0 Å². The summed E-state index contributed by atoms with van der Waals surface area (Å²) in [7, 11) is 0. The molecule has 0 radical (unpaired) electrons. The van der Waals surface area contributed by atoms with E-state index in [0.29, 0.717) is 10.8 Å². The zero-order valence-corrected chi connectivity index (χ0v) is 15.3. The van der Waals surface area contributed by atoms with E-state index in [-0.39, 0.29) is 12.3 Å². The van der Waals surface area contributed by atoms with Crippen molar-refractivity contribution in [2.75, 3.05) is 5.32 Å². The van der Waals surface area contributed by atoms with Crippen molar-refractivity contribution < 1.29 is 4.79 Å². The highest BCUT2D eigenvalue weighted by molar-refractivity contribution is 6.30. The van der Waals surface area contributed by atoms with Crippen LogP contribution in [0.3, 0.4) is 0 Å². The van der Waals surface area contributed by atoms with E-state index < -0.39 is 0 Å². The highest BCUT2D eigenvalue weighted by Gasteiger charge is 2.12. The summed E-state index contributed by atoms with van der Waals surface area (Å²) >= 11 is 5.88. The van der Waals surface area contributed by atoms with Crippen molar-refractivity contribution >= 4 is 23.3 Å². The Bertz CT molecular complexity index is 880. The molecule has 1 N–H and O–H groups in total. The second-order valence-electron chi connectivity index (χ2n) is 6.02. The van der Waals surface area contributed by atoms with Crippen LogP contribution in [0.25, 0.3) is 11.3 Å². The van der Waals surface area contributed by atoms with Crippen molar-refractivity contribution in [1.82, 2.24) is 9.97 Å². The lowest BCUT2D eigenvalue weighted by atomic mass is 10.1. The molecule has 0 bridgehead atoms. The standard InChI is InChI=1S/C21H20ClN3O/c1-2-6-18-21(23-14-19(24-18)16-7-4-3-5-8-16)25-20(26)13-15-9-11-17(22)12-10-15/h3-5,7-12,14H,2,6,13H2,1H3,(H,23,25,26). The molecule has 3 rings (SSSR count). The van der Waals surface area contributed by atoms with Crippen LogP contribution in [0, 0.1) is 0 Å². The van der Waals surface area contributed by atoms with Crippen LogP contribution in [0.2, 0.25) is 5.02 Å². The molecule has 5 heteroatoms. The van der Waals surface area contributed by atoms with Gasteiger partial charge >= 0.3 is 0 Å². The molecule has 0 aliphatic heterocycles. The van der Waals surface area contributed by atoms with Crippen LogP contribution in [0.1, 0.15) is 24.6 Å². The Morgan fingerprint density at radius 2 is 1.81 bits per heavy atom. The molecule has 1 heterocycles. The summed E-state index contributed by atoms with van der Waals surface area (Å²) in [6.45, 7) is 2.08. The fourth-order valence-corrected chi connectivity index (χ4v) is 2.78. The number of carbonyl (C=O) groups excluding carboxylic acids is 1. The second kappa shape index (κ2) is 8.59. The van der Waals surface area contributed by atoms with Crippen molar-refractivity contribution in [1.29, 1.82) is 0 Å². The summed E-state index contributed by atoms with van der Waals surface area (Å²) in [5.41, 5.74) is 3.53. The minimum atomic E-state index is -0.119. The number of hydrogen-bond donors (Lipinski definition) is 1. The van der Waals surface area contributed by atoms with E-state index in [9.17, 15) is 4.79 Å². The lowest BCUT2D eigenvalue weighted by molar-refractivity contribution is -0.115. The molecular formula is C21H20ClN3O. The lowest BCUT2D eigenvalue weighted by Gasteiger charge is -2.11. The molecule has 1 aromatic heterocycles. The fraction of sp³-hybridized carbons (Fsp3) is 0.190. The van der Waals surface area contributed by atoms with Gasteiger partial charge in [-0.05, 0) is 24.1 Å². The van der Waals surface area contributed by atoms with Gasteiger partial charge in [0.2, 0.25) is 5.91 Å². The number of carbonyl (C=O) groups is 1. The Balaban J connectivity index is 1.78. The summed E-state index contributed by atoms with van der Waals surface area (Å²) in [4.78, 5) is 21.5. The number of nitrogens with zero attached hydrogens (tertiary/aromatic N) is 2. The molecule has 1 amide bonds. The highest BCUT2D eigenvalue weighted by atomic mass is 35.5. The molecule has 3 aromatic rings. The van der Waals surface area contributed by atoms with Gasteiger partial charge in [0.15, 0.2) is 5.82 Å². The SMILES string of the molecule is CCCc1nc(-c2ccccc2)cnc1NC(=O)Cc1ccc(Cl)cc1. The van der Waals surface area contributed by atoms with Gasteiger partial charge < -0.3 is 5.32 Å². The molecule has 0 unspecified atom stereocenters. The molecule has 4 nitrogen and oxygen atoms in total. The molecule has 0 aliphatic carbocycles. The number of aromatic nitrogens is 2. The van der Waals surface area contributed by atoms with Crippen LogP contribution in [0.15, 0.2) is 60.8 Å². The lowest BCUT2D eigenvalue weighted by Crippen LogP contribution is -2.17. The van der Waals surface area contributed by atoms with Crippen molar-refractivity contribution in [3.8, 4) is 11.3 Å². The molecule has 0 atom stereocenters.